The van der Waals surface area contributed by atoms with Crippen molar-refractivity contribution in [3.8, 4) is 0 Å². The van der Waals surface area contributed by atoms with Gasteiger partial charge in [-0.1, -0.05) is 37.3 Å². The van der Waals surface area contributed by atoms with Gasteiger partial charge >= 0.3 is 0 Å². The summed E-state index contributed by atoms with van der Waals surface area (Å²) in [7, 11) is -1.17. The lowest BCUT2D eigenvalue weighted by Gasteiger charge is -2.27. The summed E-state index contributed by atoms with van der Waals surface area (Å²) in [5.74, 6) is 0.0777. The summed E-state index contributed by atoms with van der Waals surface area (Å²) < 4.78 is 17.7. The van der Waals surface area contributed by atoms with Gasteiger partial charge in [0.15, 0.2) is 0 Å². The molecule has 0 N–H and O–H groups in total. The van der Waals surface area contributed by atoms with E-state index in [9.17, 15) is 9.00 Å². The molecule has 1 aliphatic rings. The van der Waals surface area contributed by atoms with Crippen LogP contribution < -0.4 is 0 Å². The Kier molecular flexibility index (Phi) is 5.73. The normalized spacial score (nSPS) is 18.6. The Hall–Kier alpha value is -1.20. The minimum Gasteiger partial charge on any atom is -0.378 e. The van der Waals surface area contributed by atoms with Crippen molar-refractivity contribution in [3.05, 3.63) is 35.9 Å². The monoisotopic (exact) mass is 295 g/mol. The van der Waals surface area contributed by atoms with Crippen LogP contribution in [0.1, 0.15) is 24.2 Å². The fourth-order valence-corrected chi connectivity index (χ4v) is 3.83. The van der Waals surface area contributed by atoms with Crippen molar-refractivity contribution in [2.45, 2.75) is 18.6 Å². The van der Waals surface area contributed by atoms with Crippen LogP contribution in [0.3, 0.4) is 0 Å². The molecule has 110 valence electrons. The third kappa shape index (κ3) is 3.90. The lowest BCUT2D eigenvalue weighted by molar-refractivity contribution is -0.132. The van der Waals surface area contributed by atoms with Crippen molar-refractivity contribution in [2.24, 2.45) is 0 Å². The number of benzene rings is 1. The molecular weight excluding hydrogens is 274 g/mol. The van der Waals surface area contributed by atoms with Gasteiger partial charge in [0.05, 0.1) is 18.5 Å². The number of rotatable bonds is 5. The summed E-state index contributed by atoms with van der Waals surface area (Å²) >= 11 is 0. The van der Waals surface area contributed by atoms with Crippen LogP contribution in [-0.2, 0) is 20.3 Å². The first kappa shape index (κ1) is 15.2. The molecule has 20 heavy (non-hydrogen) atoms. The van der Waals surface area contributed by atoms with Gasteiger partial charge in [0.2, 0.25) is 5.91 Å². The Labute approximate surface area is 122 Å². The van der Waals surface area contributed by atoms with Crippen molar-refractivity contribution in [1.82, 2.24) is 4.90 Å². The predicted molar refractivity (Wildman–Crippen MR) is 79.9 cm³/mol. The van der Waals surface area contributed by atoms with E-state index in [1.165, 1.54) is 0 Å². The largest absolute Gasteiger partial charge is 0.378 e. The fraction of sp³-hybridized carbons (Fsp3) is 0.533. The van der Waals surface area contributed by atoms with E-state index in [4.69, 9.17) is 4.74 Å². The average molecular weight is 295 g/mol. The molecule has 1 heterocycles. The van der Waals surface area contributed by atoms with Gasteiger partial charge in [-0.05, 0) is 12.0 Å². The standard InChI is InChI=1S/C15H21NO3S/c1-2-14(13-6-4-3-5-7-13)20(18)12-15(17)16-8-10-19-11-9-16/h3-7,14H,2,8-12H2,1H3/t14-,20-/m0/s1. The van der Waals surface area contributed by atoms with E-state index >= 15 is 0 Å². The molecule has 0 radical (unpaired) electrons. The molecule has 1 saturated heterocycles. The highest BCUT2D eigenvalue weighted by Crippen LogP contribution is 2.23. The van der Waals surface area contributed by atoms with Gasteiger partial charge < -0.3 is 9.64 Å². The van der Waals surface area contributed by atoms with Gasteiger partial charge in [0, 0.05) is 23.9 Å². The number of carbonyl (C=O) groups excluding carboxylic acids is 1. The van der Waals surface area contributed by atoms with Crippen molar-refractivity contribution >= 4 is 16.7 Å². The van der Waals surface area contributed by atoms with E-state index in [1.807, 2.05) is 37.3 Å². The Balaban J connectivity index is 1.97. The second kappa shape index (κ2) is 7.55. The van der Waals surface area contributed by atoms with Gasteiger partial charge in [0.25, 0.3) is 0 Å². The Morgan fingerprint density at radius 1 is 1.30 bits per heavy atom. The second-order valence-electron chi connectivity index (χ2n) is 4.83. The maximum Gasteiger partial charge on any atom is 0.235 e. The molecule has 1 fully saturated rings. The van der Waals surface area contributed by atoms with Gasteiger partial charge in [0.1, 0.15) is 5.75 Å². The molecule has 5 heteroatoms. The van der Waals surface area contributed by atoms with Crippen LogP contribution in [0.4, 0.5) is 0 Å². The molecule has 0 spiro atoms. The molecule has 1 amide bonds. The van der Waals surface area contributed by atoms with Crippen LogP contribution in [0.2, 0.25) is 0 Å². The van der Waals surface area contributed by atoms with Crippen LogP contribution in [0, 0.1) is 0 Å². The zero-order chi connectivity index (χ0) is 14.4. The lowest BCUT2D eigenvalue weighted by Crippen LogP contribution is -2.43. The summed E-state index contributed by atoms with van der Waals surface area (Å²) in [5, 5.41) is -0.0683. The molecule has 0 aromatic heterocycles. The quantitative estimate of drug-likeness (QED) is 0.831. The number of nitrogens with zero attached hydrogens (tertiary/aromatic N) is 1. The second-order valence-corrected chi connectivity index (χ2v) is 6.45. The maximum absolute atomic E-state index is 12.5. The van der Waals surface area contributed by atoms with Crippen molar-refractivity contribution in [3.63, 3.8) is 0 Å². The molecule has 2 atom stereocenters. The molecule has 4 nitrogen and oxygen atoms in total. The molecule has 0 unspecified atom stereocenters. The fourth-order valence-electron chi connectivity index (χ4n) is 2.37. The molecule has 2 rings (SSSR count). The minimum absolute atomic E-state index is 0.0268. The van der Waals surface area contributed by atoms with Crippen molar-refractivity contribution in [1.29, 1.82) is 0 Å². The topological polar surface area (TPSA) is 46.6 Å². The first-order valence-electron chi connectivity index (χ1n) is 7.00. The SMILES string of the molecule is CC[C@@H](c1ccccc1)[S@@](=O)CC(=O)N1CCOCC1. The number of hydrogen-bond acceptors (Lipinski definition) is 3. The molecule has 0 saturated carbocycles. The lowest BCUT2D eigenvalue weighted by atomic mass is 10.1. The highest BCUT2D eigenvalue weighted by Gasteiger charge is 2.23. The zero-order valence-electron chi connectivity index (χ0n) is 11.8. The molecule has 0 aliphatic carbocycles. The van der Waals surface area contributed by atoms with E-state index in [0.29, 0.717) is 26.3 Å². The highest BCUT2D eigenvalue weighted by atomic mass is 32.2. The van der Waals surface area contributed by atoms with E-state index in [2.05, 4.69) is 0 Å². The zero-order valence-corrected chi connectivity index (χ0v) is 12.6. The average Bonchev–Trinajstić information content (AvgIpc) is 2.50. The van der Waals surface area contributed by atoms with E-state index in [-0.39, 0.29) is 16.9 Å². The number of ether oxygens (including phenoxy) is 1. The maximum atomic E-state index is 12.5. The third-order valence-electron chi connectivity index (χ3n) is 3.49. The van der Waals surface area contributed by atoms with Gasteiger partial charge in [-0.3, -0.25) is 9.00 Å². The first-order chi connectivity index (χ1) is 9.72. The number of carbonyl (C=O) groups is 1. The third-order valence-corrected chi connectivity index (χ3v) is 5.26. The number of amides is 1. The van der Waals surface area contributed by atoms with E-state index < -0.39 is 10.8 Å². The van der Waals surface area contributed by atoms with Crippen LogP contribution in [0.15, 0.2) is 30.3 Å². The molecule has 1 aliphatic heterocycles. The van der Waals surface area contributed by atoms with E-state index in [1.54, 1.807) is 4.90 Å². The predicted octanol–water partition coefficient (Wildman–Crippen LogP) is 1.75. The van der Waals surface area contributed by atoms with Crippen LogP contribution in [0.5, 0.6) is 0 Å². The Morgan fingerprint density at radius 3 is 2.55 bits per heavy atom. The number of morpholine rings is 1. The van der Waals surface area contributed by atoms with Crippen LogP contribution in [-0.4, -0.2) is 47.1 Å². The Bertz CT molecular complexity index is 457. The summed E-state index contributed by atoms with van der Waals surface area (Å²) in [4.78, 5) is 13.9. The van der Waals surface area contributed by atoms with Crippen molar-refractivity contribution < 1.29 is 13.7 Å². The summed E-state index contributed by atoms with van der Waals surface area (Å²) in [6.45, 7) is 4.38. The molecule has 0 bridgehead atoms. The minimum atomic E-state index is -1.17. The summed E-state index contributed by atoms with van der Waals surface area (Å²) in [6.07, 6.45) is 0.771. The van der Waals surface area contributed by atoms with Gasteiger partial charge in [-0.2, -0.15) is 0 Å². The van der Waals surface area contributed by atoms with Gasteiger partial charge in [-0.25, -0.2) is 0 Å². The van der Waals surface area contributed by atoms with Crippen LogP contribution in [0.25, 0.3) is 0 Å². The first-order valence-corrected chi connectivity index (χ1v) is 8.38. The Morgan fingerprint density at radius 2 is 1.95 bits per heavy atom. The van der Waals surface area contributed by atoms with Crippen molar-refractivity contribution in [2.75, 3.05) is 32.1 Å². The molecule has 1 aromatic rings. The van der Waals surface area contributed by atoms with E-state index in [0.717, 1.165) is 12.0 Å². The molecular formula is C15H21NO3S. The summed E-state index contributed by atoms with van der Waals surface area (Å²) in [6, 6.07) is 9.78. The highest BCUT2D eigenvalue weighted by molar-refractivity contribution is 7.86. The smallest absolute Gasteiger partial charge is 0.235 e. The summed E-state index contributed by atoms with van der Waals surface area (Å²) in [5.41, 5.74) is 1.04. The number of hydrogen-bond donors (Lipinski definition) is 0. The molecule has 1 aromatic carbocycles. The van der Waals surface area contributed by atoms with Crippen LogP contribution >= 0.6 is 0 Å². The van der Waals surface area contributed by atoms with Gasteiger partial charge in [-0.15, -0.1) is 0 Å².